The Hall–Kier alpha value is -2.48. The molecule has 1 aliphatic rings. The fourth-order valence-corrected chi connectivity index (χ4v) is 1.06. The third-order valence-corrected chi connectivity index (χ3v) is 1.50. The molecular formula is C16H40N4O4. The summed E-state index contributed by atoms with van der Waals surface area (Å²) >= 11 is 0. The lowest BCUT2D eigenvalue weighted by molar-refractivity contribution is 0.504. The molecular weight excluding hydrogens is 312 g/mol. The molecule has 0 aliphatic heterocycles. The Morgan fingerprint density at radius 1 is 0.375 bits per heavy atom. The summed E-state index contributed by atoms with van der Waals surface area (Å²) in [7, 11) is 0. The molecule has 8 nitrogen and oxygen atoms in total. The van der Waals surface area contributed by atoms with E-state index in [0.29, 0.717) is 0 Å². The van der Waals surface area contributed by atoms with E-state index < -0.39 is 0 Å². The third kappa shape index (κ3) is 540. The first-order chi connectivity index (χ1) is 8.66. The summed E-state index contributed by atoms with van der Waals surface area (Å²) in [5.41, 5.74) is 0. The van der Waals surface area contributed by atoms with Gasteiger partial charge in [-0.2, -0.15) is 0 Å². The van der Waals surface area contributed by atoms with Crippen molar-refractivity contribution in [2.24, 2.45) is 0 Å². The van der Waals surface area contributed by atoms with E-state index in [0.717, 1.165) is 24.3 Å². The molecule has 1 rings (SSSR count). The molecule has 0 unspecified atom stereocenters. The van der Waals surface area contributed by atoms with Crippen LogP contribution in [0.4, 0.5) is 0 Å². The van der Waals surface area contributed by atoms with Crippen LogP contribution >= 0.6 is 0 Å². The minimum absolute atomic E-state index is 0. The highest BCUT2D eigenvalue weighted by molar-refractivity contribution is 5.26. The summed E-state index contributed by atoms with van der Waals surface area (Å²) in [4.78, 5) is 33.4. The fraction of sp³-hybridized carbons (Fsp3) is 0.750. The van der Waals surface area contributed by atoms with Crippen molar-refractivity contribution in [3.8, 4) is 0 Å². The highest BCUT2D eigenvalue weighted by Crippen LogP contribution is 2.15. The zero-order valence-electron chi connectivity index (χ0n) is 9.88. The van der Waals surface area contributed by atoms with Gasteiger partial charge in [0.05, 0.1) is 0 Å². The Morgan fingerprint density at radius 3 is 0.458 bits per heavy atom. The van der Waals surface area contributed by atoms with Crippen molar-refractivity contribution < 1.29 is 19.2 Å². The minimum Gasteiger partial charge on any atom is -0.222 e. The smallest absolute Gasteiger partial charge is 0.222 e. The molecule has 0 spiro atoms. The van der Waals surface area contributed by atoms with Crippen LogP contribution in [0.1, 0.15) is 83.1 Å². The number of carbonyl (C=O) groups excluding carboxylic acids is 4. The molecule has 0 radical (unpaired) electrons. The van der Waals surface area contributed by atoms with Gasteiger partial charge >= 0.3 is 0 Å². The third-order valence-electron chi connectivity index (χ3n) is 1.50. The van der Waals surface area contributed by atoms with E-state index in [1.165, 1.54) is 38.5 Å². The van der Waals surface area contributed by atoms with E-state index in [2.05, 4.69) is 0 Å². The van der Waals surface area contributed by atoms with Crippen molar-refractivity contribution in [2.45, 2.75) is 83.1 Å². The maximum atomic E-state index is 8.35. The van der Waals surface area contributed by atoms with Crippen molar-refractivity contribution in [2.75, 3.05) is 0 Å². The van der Waals surface area contributed by atoms with E-state index in [1.807, 2.05) is 0 Å². The Bertz CT molecular complexity index is 221. The molecule has 1 saturated carbocycles. The Kier molecular flexibility index (Phi) is 393. The highest BCUT2D eigenvalue weighted by atomic mass is 16.1. The number of nitrogens with one attached hydrogen (secondary N) is 4. The van der Waals surface area contributed by atoms with Gasteiger partial charge in [-0.05, 0) is 0 Å². The molecule has 8 heteroatoms. The Labute approximate surface area is 149 Å². The van der Waals surface area contributed by atoms with Gasteiger partial charge in [0.25, 0.3) is 0 Å². The molecule has 0 aromatic carbocycles. The molecule has 1 aliphatic carbocycles. The van der Waals surface area contributed by atoms with Gasteiger partial charge in [0.15, 0.2) is 0 Å². The summed E-state index contributed by atoms with van der Waals surface area (Å²) in [6.07, 6.45) is 12.0. The Morgan fingerprint density at radius 2 is 0.417 bits per heavy atom. The standard InChI is InChI=1S/C6H12.4CHNO.6CH4/c1-2-4-6-5-3-1;4*2-1-3;;;;;;/h1-6H2;4*2H;6*1H4. The van der Waals surface area contributed by atoms with Crippen molar-refractivity contribution in [1.82, 2.24) is 0 Å². The van der Waals surface area contributed by atoms with Gasteiger partial charge < -0.3 is 0 Å². The van der Waals surface area contributed by atoms with Gasteiger partial charge in [0.1, 0.15) is 0 Å². The average molecular weight is 353 g/mol. The van der Waals surface area contributed by atoms with Crippen LogP contribution in [0.2, 0.25) is 0 Å². The van der Waals surface area contributed by atoms with Gasteiger partial charge in [-0.25, -0.2) is 40.8 Å². The molecule has 148 valence electrons. The monoisotopic (exact) mass is 352 g/mol. The first-order valence-electron chi connectivity index (χ1n) is 4.82. The van der Waals surface area contributed by atoms with Crippen LogP contribution < -0.4 is 0 Å². The van der Waals surface area contributed by atoms with Gasteiger partial charge in [-0.3, -0.25) is 0 Å². The quantitative estimate of drug-likeness (QED) is 0.321. The van der Waals surface area contributed by atoms with Gasteiger partial charge in [0, 0.05) is 0 Å². The zero-order valence-corrected chi connectivity index (χ0v) is 9.88. The predicted octanol–water partition coefficient (Wildman–Crippen LogP) is 5.76. The number of rotatable bonds is 0. The normalized spacial score (nSPS) is 7.33. The van der Waals surface area contributed by atoms with E-state index in [4.69, 9.17) is 40.8 Å². The minimum atomic E-state index is 0. The summed E-state index contributed by atoms with van der Waals surface area (Å²) in [6, 6.07) is 0. The predicted molar refractivity (Wildman–Crippen MR) is 102 cm³/mol. The second-order valence-corrected chi connectivity index (χ2v) is 2.53. The highest BCUT2D eigenvalue weighted by Gasteiger charge is 1.95. The zero-order chi connectivity index (χ0) is 15.1. The average Bonchev–Trinajstić information content (AvgIpc) is 2.35. The second kappa shape index (κ2) is 138. The summed E-state index contributed by atoms with van der Waals surface area (Å²) in [5, 5.41) is 21.6. The summed E-state index contributed by atoms with van der Waals surface area (Å²) in [5.74, 6) is 0. The number of isocyanates is 4. The van der Waals surface area contributed by atoms with Gasteiger partial charge in [-0.1, -0.05) is 83.1 Å². The van der Waals surface area contributed by atoms with Crippen molar-refractivity contribution >= 4 is 24.3 Å². The first kappa shape index (κ1) is 68.3. The maximum absolute atomic E-state index is 8.35. The Balaban J connectivity index is -0.0000000125. The molecule has 0 aromatic heterocycles. The lowest BCUT2D eigenvalue weighted by Gasteiger charge is -2.05. The maximum Gasteiger partial charge on any atom is 0.231 e. The van der Waals surface area contributed by atoms with E-state index in [9.17, 15) is 0 Å². The number of hydrogen-bond donors (Lipinski definition) is 4. The molecule has 0 aromatic rings. The first-order valence-corrected chi connectivity index (χ1v) is 4.82. The van der Waals surface area contributed by atoms with Crippen LogP contribution in [-0.4, -0.2) is 24.3 Å². The van der Waals surface area contributed by atoms with Crippen molar-refractivity contribution in [3.63, 3.8) is 0 Å². The van der Waals surface area contributed by atoms with Crippen LogP contribution in [0.15, 0.2) is 0 Å². The SMILES string of the molecule is C.C.C.C.C.C.C1CCCCC1.N=C=O.N=C=O.N=C=O.N=C=O. The molecule has 4 N–H and O–H groups in total. The molecule has 1 fully saturated rings. The van der Waals surface area contributed by atoms with Gasteiger partial charge in [-0.15, -0.1) is 0 Å². The molecule has 0 saturated heterocycles. The largest absolute Gasteiger partial charge is 0.231 e. The molecule has 0 atom stereocenters. The molecule has 24 heavy (non-hydrogen) atoms. The molecule has 0 amide bonds. The lowest BCUT2D eigenvalue weighted by Crippen LogP contribution is -1.85. The van der Waals surface area contributed by atoms with E-state index >= 15 is 0 Å². The van der Waals surface area contributed by atoms with Crippen LogP contribution in [0.25, 0.3) is 0 Å². The fourth-order valence-electron chi connectivity index (χ4n) is 1.06. The second-order valence-electron chi connectivity index (χ2n) is 2.53. The lowest BCUT2D eigenvalue weighted by atomic mass is 10.0. The topological polar surface area (TPSA) is 164 Å². The van der Waals surface area contributed by atoms with Crippen LogP contribution in [-0.2, 0) is 19.2 Å². The van der Waals surface area contributed by atoms with E-state index in [-0.39, 0.29) is 44.6 Å². The van der Waals surface area contributed by atoms with Crippen LogP contribution in [0.3, 0.4) is 0 Å². The van der Waals surface area contributed by atoms with Gasteiger partial charge in [0.2, 0.25) is 24.3 Å². The van der Waals surface area contributed by atoms with Crippen LogP contribution in [0, 0.1) is 21.6 Å². The van der Waals surface area contributed by atoms with Crippen LogP contribution in [0.5, 0.6) is 0 Å². The molecule has 0 heterocycles. The summed E-state index contributed by atoms with van der Waals surface area (Å²) < 4.78 is 0. The molecule has 0 bridgehead atoms. The van der Waals surface area contributed by atoms with Crippen molar-refractivity contribution in [3.05, 3.63) is 0 Å². The van der Waals surface area contributed by atoms with E-state index in [1.54, 1.807) is 0 Å². The van der Waals surface area contributed by atoms with Crippen molar-refractivity contribution in [1.29, 1.82) is 21.6 Å². The summed E-state index contributed by atoms with van der Waals surface area (Å²) in [6.45, 7) is 0. The number of hydrogen-bond acceptors (Lipinski definition) is 8.